The lowest BCUT2D eigenvalue weighted by Gasteiger charge is -2.36. The first-order valence-electron chi connectivity index (χ1n) is 7.04. The van der Waals surface area contributed by atoms with Crippen molar-refractivity contribution in [2.24, 2.45) is 0 Å². The van der Waals surface area contributed by atoms with Gasteiger partial charge >= 0.3 is 6.03 Å². The third-order valence-corrected chi connectivity index (χ3v) is 3.84. The highest BCUT2D eigenvalue weighted by Crippen LogP contribution is 2.09. The van der Waals surface area contributed by atoms with Crippen LogP contribution in [0.5, 0.6) is 0 Å². The molecule has 6 nitrogen and oxygen atoms in total. The predicted octanol–water partition coefficient (Wildman–Crippen LogP) is -0.0920. The normalized spacial score (nSPS) is 20.7. The van der Waals surface area contributed by atoms with Gasteiger partial charge < -0.3 is 14.7 Å². The molecule has 2 aliphatic rings. The SMILES string of the molecule is CN(C)C(=O)N1CCN(CC(=O)N2CCCC2)CC1. The van der Waals surface area contributed by atoms with Gasteiger partial charge in [0.05, 0.1) is 6.54 Å². The molecule has 2 fully saturated rings. The molecular weight excluding hydrogens is 244 g/mol. The van der Waals surface area contributed by atoms with Crippen molar-refractivity contribution in [2.45, 2.75) is 12.8 Å². The summed E-state index contributed by atoms with van der Waals surface area (Å²) >= 11 is 0. The monoisotopic (exact) mass is 268 g/mol. The molecule has 2 rings (SSSR count). The van der Waals surface area contributed by atoms with Crippen molar-refractivity contribution >= 4 is 11.9 Å². The van der Waals surface area contributed by atoms with Gasteiger partial charge in [-0.25, -0.2) is 4.79 Å². The zero-order chi connectivity index (χ0) is 13.8. The molecule has 0 spiro atoms. The Morgan fingerprint density at radius 2 is 1.47 bits per heavy atom. The quantitative estimate of drug-likeness (QED) is 0.703. The van der Waals surface area contributed by atoms with E-state index in [4.69, 9.17) is 0 Å². The summed E-state index contributed by atoms with van der Waals surface area (Å²) in [5, 5.41) is 0. The first kappa shape index (κ1) is 14.1. The van der Waals surface area contributed by atoms with E-state index in [1.54, 1.807) is 19.0 Å². The van der Waals surface area contributed by atoms with Crippen LogP contribution in [0, 0.1) is 0 Å². The summed E-state index contributed by atoms with van der Waals surface area (Å²) in [4.78, 5) is 31.4. The minimum atomic E-state index is 0.0607. The molecule has 2 saturated heterocycles. The van der Waals surface area contributed by atoms with Crippen LogP contribution in [0.3, 0.4) is 0 Å². The van der Waals surface area contributed by atoms with E-state index in [2.05, 4.69) is 4.90 Å². The molecule has 0 aromatic heterocycles. The lowest BCUT2D eigenvalue weighted by atomic mass is 10.3. The number of carbonyl (C=O) groups excluding carboxylic acids is 2. The van der Waals surface area contributed by atoms with Crippen molar-refractivity contribution < 1.29 is 9.59 Å². The van der Waals surface area contributed by atoms with Gasteiger partial charge in [0.15, 0.2) is 0 Å². The number of carbonyl (C=O) groups is 2. The Bertz CT molecular complexity index is 332. The molecular formula is C13H24N4O2. The Balaban J connectivity index is 1.74. The Kier molecular flexibility index (Phi) is 4.63. The largest absolute Gasteiger partial charge is 0.342 e. The van der Waals surface area contributed by atoms with E-state index in [1.165, 1.54) is 0 Å². The fourth-order valence-corrected chi connectivity index (χ4v) is 2.64. The van der Waals surface area contributed by atoms with Crippen LogP contribution < -0.4 is 0 Å². The minimum Gasteiger partial charge on any atom is -0.342 e. The number of piperazine rings is 1. The van der Waals surface area contributed by atoms with Crippen molar-refractivity contribution in [3.05, 3.63) is 0 Å². The fourth-order valence-electron chi connectivity index (χ4n) is 2.64. The highest BCUT2D eigenvalue weighted by molar-refractivity contribution is 5.78. The summed E-state index contributed by atoms with van der Waals surface area (Å²) in [5.74, 6) is 0.241. The number of hydrogen-bond acceptors (Lipinski definition) is 3. The van der Waals surface area contributed by atoms with Crippen molar-refractivity contribution in [1.29, 1.82) is 0 Å². The highest BCUT2D eigenvalue weighted by atomic mass is 16.2. The molecule has 6 heteroatoms. The van der Waals surface area contributed by atoms with E-state index >= 15 is 0 Å². The van der Waals surface area contributed by atoms with Crippen LogP contribution >= 0.6 is 0 Å². The molecule has 108 valence electrons. The molecule has 0 unspecified atom stereocenters. The highest BCUT2D eigenvalue weighted by Gasteiger charge is 2.25. The summed E-state index contributed by atoms with van der Waals surface area (Å²) in [7, 11) is 3.54. The van der Waals surface area contributed by atoms with Crippen molar-refractivity contribution in [3.63, 3.8) is 0 Å². The van der Waals surface area contributed by atoms with Crippen LogP contribution in [-0.2, 0) is 4.79 Å². The maximum Gasteiger partial charge on any atom is 0.319 e. The van der Waals surface area contributed by atoms with Gasteiger partial charge in [-0.05, 0) is 12.8 Å². The molecule has 0 saturated carbocycles. The number of hydrogen-bond donors (Lipinski definition) is 0. The zero-order valence-corrected chi connectivity index (χ0v) is 12.0. The van der Waals surface area contributed by atoms with Gasteiger partial charge in [-0.1, -0.05) is 0 Å². The number of rotatable bonds is 2. The smallest absolute Gasteiger partial charge is 0.319 e. The molecule has 0 aromatic carbocycles. The summed E-state index contributed by atoms with van der Waals surface area (Å²) in [6, 6.07) is 0.0607. The van der Waals surface area contributed by atoms with E-state index < -0.39 is 0 Å². The predicted molar refractivity (Wildman–Crippen MR) is 72.9 cm³/mol. The Hall–Kier alpha value is -1.30. The molecule has 0 aliphatic carbocycles. The molecule has 19 heavy (non-hydrogen) atoms. The molecule has 3 amide bonds. The van der Waals surface area contributed by atoms with Gasteiger partial charge in [0.1, 0.15) is 0 Å². The Labute approximate surface area is 114 Å². The first-order chi connectivity index (χ1) is 9.08. The first-order valence-corrected chi connectivity index (χ1v) is 7.04. The standard InChI is InChI=1S/C13H24N4O2/c1-14(2)13(19)17-9-7-15(8-10-17)11-12(18)16-5-3-4-6-16/h3-11H2,1-2H3. The number of urea groups is 1. The molecule has 0 radical (unpaired) electrons. The van der Waals surface area contributed by atoms with E-state index in [1.807, 2.05) is 9.80 Å². The molecule has 0 N–H and O–H groups in total. The molecule has 2 aliphatic heterocycles. The summed E-state index contributed by atoms with van der Waals surface area (Å²) in [6.45, 7) is 5.34. The molecule has 2 heterocycles. The maximum atomic E-state index is 12.0. The van der Waals surface area contributed by atoms with E-state index in [9.17, 15) is 9.59 Å². The summed E-state index contributed by atoms with van der Waals surface area (Å²) < 4.78 is 0. The second-order valence-corrected chi connectivity index (χ2v) is 5.53. The van der Waals surface area contributed by atoms with Gasteiger partial charge in [0.2, 0.25) is 5.91 Å². The van der Waals surface area contributed by atoms with E-state index in [-0.39, 0.29) is 11.9 Å². The second kappa shape index (κ2) is 6.23. The van der Waals surface area contributed by atoms with Crippen molar-refractivity contribution in [3.8, 4) is 0 Å². The molecule has 0 atom stereocenters. The van der Waals surface area contributed by atoms with Crippen LogP contribution in [0.1, 0.15) is 12.8 Å². The van der Waals surface area contributed by atoms with Crippen LogP contribution in [0.15, 0.2) is 0 Å². The van der Waals surface area contributed by atoms with Gasteiger partial charge in [0.25, 0.3) is 0 Å². The summed E-state index contributed by atoms with van der Waals surface area (Å²) in [5.41, 5.74) is 0. The summed E-state index contributed by atoms with van der Waals surface area (Å²) in [6.07, 6.45) is 2.27. The average Bonchev–Trinajstić information content (AvgIpc) is 2.92. The van der Waals surface area contributed by atoms with Crippen LogP contribution in [0.2, 0.25) is 0 Å². The van der Waals surface area contributed by atoms with Crippen molar-refractivity contribution in [1.82, 2.24) is 19.6 Å². The van der Waals surface area contributed by atoms with Crippen molar-refractivity contribution in [2.75, 3.05) is 59.9 Å². The van der Waals surface area contributed by atoms with Gasteiger partial charge in [-0.15, -0.1) is 0 Å². The molecule has 0 bridgehead atoms. The fraction of sp³-hybridized carbons (Fsp3) is 0.846. The minimum absolute atomic E-state index is 0.0607. The van der Waals surface area contributed by atoms with E-state index in [0.29, 0.717) is 19.6 Å². The van der Waals surface area contributed by atoms with Gasteiger partial charge in [-0.3, -0.25) is 9.69 Å². The average molecular weight is 268 g/mol. The lowest BCUT2D eigenvalue weighted by Crippen LogP contribution is -2.53. The van der Waals surface area contributed by atoms with Crippen LogP contribution in [0.25, 0.3) is 0 Å². The number of likely N-dealkylation sites (tertiary alicyclic amines) is 1. The third kappa shape index (κ3) is 3.59. The van der Waals surface area contributed by atoms with Crippen LogP contribution in [-0.4, -0.2) is 91.4 Å². The second-order valence-electron chi connectivity index (χ2n) is 5.53. The topological polar surface area (TPSA) is 47.1 Å². The van der Waals surface area contributed by atoms with Gasteiger partial charge in [-0.2, -0.15) is 0 Å². The Morgan fingerprint density at radius 1 is 0.895 bits per heavy atom. The van der Waals surface area contributed by atoms with E-state index in [0.717, 1.165) is 39.0 Å². The number of nitrogens with zero attached hydrogens (tertiary/aromatic N) is 4. The third-order valence-electron chi connectivity index (χ3n) is 3.84. The molecule has 0 aromatic rings. The maximum absolute atomic E-state index is 12.0. The number of amides is 3. The zero-order valence-electron chi connectivity index (χ0n) is 12.0. The van der Waals surface area contributed by atoms with Gasteiger partial charge in [0, 0.05) is 53.4 Å². The Morgan fingerprint density at radius 3 is 2.00 bits per heavy atom. The lowest BCUT2D eigenvalue weighted by molar-refractivity contribution is -0.131. The van der Waals surface area contributed by atoms with Crippen LogP contribution in [0.4, 0.5) is 4.79 Å².